The smallest absolute Gasteiger partial charge is 0.311 e. The molecule has 1 unspecified atom stereocenters. The number of carbonyl (C=O) groups is 2. The first-order chi connectivity index (χ1) is 11.6. The third-order valence-corrected chi connectivity index (χ3v) is 5.80. The number of rotatable bonds is 5. The predicted molar refractivity (Wildman–Crippen MR) is 90.1 cm³/mol. The molecule has 2 aromatic heterocycles. The van der Waals surface area contributed by atoms with Crippen molar-refractivity contribution in [1.82, 2.24) is 15.3 Å². The quantitative estimate of drug-likeness (QED) is 0.854. The van der Waals surface area contributed by atoms with E-state index in [0.717, 1.165) is 35.4 Å². The molecule has 1 aliphatic carbocycles. The van der Waals surface area contributed by atoms with E-state index in [-0.39, 0.29) is 18.5 Å². The zero-order chi connectivity index (χ0) is 16.7. The number of hydrogen-bond donors (Lipinski definition) is 2. The average Bonchev–Trinajstić information content (AvgIpc) is 2.99. The van der Waals surface area contributed by atoms with Gasteiger partial charge in [-0.1, -0.05) is 0 Å². The Kier molecular flexibility index (Phi) is 3.64. The molecule has 1 saturated heterocycles. The molecule has 0 bridgehead atoms. The molecule has 1 atom stereocenters. The summed E-state index contributed by atoms with van der Waals surface area (Å²) in [6.45, 7) is 0.979. The zero-order valence-corrected chi connectivity index (χ0v) is 13.9. The van der Waals surface area contributed by atoms with Gasteiger partial charge in [-0.2, -0.15) is 0 Å². The van der Waals surface area contributed by atoms with E-state index in [2.05, 4.69) is 15.3 Å². The van der Waals surface area contributed by atoms with Gasteiger partial charge in [0.2, 0.25) is 5.91 Å². The van der Waals surface area contributed by atoms with Crippen LogP contribution in [0.4, 0.5) is 5.82 Å². The van der Waals surface area contributed by atoms with Gasteiger partial charge >= 0.3 is 5.97 Å². The third-order valence-electron chi connectivity index (χ3n) is 4.98. The van der Waals surface area contributed by atoms with E-state index >= 15 is 0 Å². The molecule has 2 aromatic rings. The molecular weight excluding hydrogens is 328 g/mol. The number of fused-ring (bicyclic) bond motifs is 1. The lowest BCUT2D eigenvalue weighted by molar-refractivity contribution is -0.143. The summed E-state index contributed by atoms with van der Waals surface area (Å²) in [5, 5.41) is 15.0. The molecule has 1 amide bonds. The first-order valence-electron chi connectivity index (χ1n) is 8.07. The Morgan fingerprint density at radius 1 is 1.42 bits per heavy atom. The van der Waals surface area contributed by atoms with Gasteiger partial charge in [0.05, 0.1) is 10.8 Å². The van der Waals surface area contributed by atoms with Crippen LogP contribution in [0.15, 0.2) is 17.8 Å². The molecule has 0 radical (unpaired) electrons. The summed E-state index contributed by atoms with van der Waals surface area (Å²) in [5.41, 5.74) is -0.741. The molecule has 4 rings (SSSR count). The van der Waals surface area contributed by atoms with Crippen molar-refractivity contribution in [2.45, 2.75) is 31.7 Å². The molecule has 2 aliphatic rings. The molecule has 3 heterocycles. The number of amides is 1. The lowest BCUT2D eigenvalue weighted by Crippen LogP contribution is -2.46. The van der Waals surface area contributed by atoms with Crippen LogP contribution in [-0.2, 0) is 9.59 Å². The van der Waals surface area contributed by atoms with Crippen molar-refractivity contribution in [3.05, 3.63) is 17.8 Å². The van der Waals surface area contributed by atoms with Crippen LogP contribution in [0.2, 0.25) is 0 Å². The van der Waals surface area contributed by atoms with Gasteiger partial charge in [0.15, 0.2) is 0 Å². The number of anilines is 1. The molecule has 24 heavy (non-hydrogen) atoms. The highest BCUT2D eigenvalue weighted by Gasteiger charge is 2.50. The number of carbonyl (C=O) groups excluding carboxylic acids is 1. The van der Waals surface area contributed by atoms with Crippen LogP contribution < -0.4 is 10.2 Å². The maximum absolute atomic E-state index is 12.6. The number of carboxylic acid groups (broad SMARTS) is 1. The van der Waals surface area contributed by atoms with Crippen molar-refractivity contribution in [1.29, 1.82) is 0 Å². The molecular formula is C16H18N4O3S. The largest absolute Gasteiger partial charge is 0.481 e. The van der Waals surface area contributed by atoms with Crippen LogP contribution in [0, 0.1) is 5.41 Å². The second-order valence-corrected chi connectivity index (χ2v) is 7.39. The standard InChI is InChI=1S/C16H18N4O3S/c21-13(17-8-16(4-5-16)15(22)23)11-2-1-6-20(11)12-10-3-7-24-14(10)19-9-18-12/h3,7,9,11H,1-2,4-6,8H2,(H,17,21)(H,22,23). The van der Waals surface area contributed by atoms with E-state index in [4.69, 9.17) is 0 Å². The number of hydrogen-bond acceptors (Lipinski definition) is 6. The number of thiophene rings is 1. The number of nitrogens with one attached hydrogen (secondary N) is 1. The molecule has 126 valence electrons. The SMILES string of the molecule is O=C(NCC1(C(=O)O)CC1)C1CCCN1c1ncnc2sccc12. The van der Waals surface area contributed by atoms with Gasteiger partial charge in [-0.05, 0) is 37.1 Å². The summed E-state index contributed by atoms with van der Waals surface area (Å²) in [5.74, 6) is -0.137. The fourth-order valence-electron chi connectivity index (χ4n) is 3.29. The van der Waals surface area contributed by atoms with Gasteiger partial charge in [-0.15, -0.1) is 11.3 Å². The molecule has 7 nitrogen and oxygen atoms in total. The Labute approximate surface area is 142 Å². The molecule has 0 spiro atoms. The van der Waals surface area contributed by atoms with Gasteiger partial charge in [-0.25, -0.2) is 9.97 Å². The van der Waals surface area contributed by atoms with Gasteiger partial charge in [-0.3, -0.25) is 9.59 Å². The van der Waals surface area contributed by atoms with Crippen LogP contribution in [0.25, 0.3) is 10.2 Å². The number of carboxylic acids is 1. The Bertz CT molecular complexity index is 801. The van der Waals surface area contributed by atoms with Crippen LogP contribution in [0.3, 0.4) is 0 Å². The minimum atomic E-state index is -0.818. The normalized spacial score (nSPS) is 21.8. The second kappa shape index (κ2) is 5.70. The first kappa shape index (κ1) is 15.3. The van der Waals surface area contributed by atoms with Crippen molar-refractivity contribution >= 4 is 39.2 Å². The molecule has 1 aliphatic heterocycles. The van der Waals surface area contributed by atoms with Crippen molar-refractivity contribution < 1.29 is 14.7 Å². The number of aromatic nitrogens is 2. The summed E-state index contributed by atoms with van der Waals surface area (Å²) in [6, 6.07) is 1.68. The van der Waals surface area contributed by atoms with Crippen LogP contribution in [-0.4, -0.2) is 46.1 Å². The maximum atomic E-state index is 12.6. The molecule has 2 N–H and O–H groups in total. The van der Waals surface area contributed by atoms with Crippen LogP contribution >= 0.6 is 11.3 Å². The Hall–Kier alpha value is -2.22. The fraction of sp³-hybridized carbons (Fsp3) is 0.500. The van der Waals surface area contributed by atoms with Gasteiger partial charge < -0.3 is 15.3 Å². The van der Waals surface area contributed by atoms with Crippen LogP contribution in [0.5, 0.6) is 0 Å². The van der Waals surface area contributed by atoms with E-state index in [1.54, 1.807) is 11.3 Å². The highest BCUT2D eigenvalue weighted by molar-refractivity contribution is 7.16. The van der Waals surface area contributed by atoms with E-state index < -0.39 is 11.4 Å². The maximum Gasteiger partial charge on any atom is 0.311 e. The Morgan fingerprint density at radius 3 is 3.00 bits per heavy atom. The highest BCUT2D eigenvalue weighted by Crippen LogP contribution is 2.45. The summed E-state index contributed by atoms with van der Waals surface area (Å²) < 4.78 is 0. The van der Waals surface area contributed by atoms with Gasteiger partial charge in [0.1, 0.15) is 23.0 Å². The number of nitrogens with zero attached hydrogens (tertiary/aromatic N) is 3. The van der Waals surface area contributed by atoms with Gasteiger partial charge in [0.25, 0.3) is 0 Å². The predicted octanol–water partition coefficient (Wildman–Crippen LogP) is 1.64. The second-order valence-electron chi connectivity index (χ2n) is 6.49. The summed E-state index contributed by atoms with van der Waals surface area (Å²) >= 11 is 1.55. The van der Waals surface area contributed by atoms with E-state index in [1.165, 1.54) is 6.33 Å². The van der Waals surface area contributed by atoms with Crippen molar-refractivity contribution in [2.24, 2.45) is 5.41 Å². The molecule has 8 heteroatoms. The summed E-state index contributed by atoms with van der Waals surface area (Å²) in [7, 11) is 0. The van der Waals surface area contributed by atoms with Crippen molar-refractivity contribution in [3.63, 3.8) is 0 Å². The lowest BCUT2D eigenvalue weighted by atomic mass is 10.1. The zero-order valence-electron chi connectivity index (χ0n) is 13.1. The average molecular weight is 346 g/mol. The topological polar surface area (TPSA) is 95.4 Å². The fourth-order valence-corrected chi connectivity index (χ4v) is 4.02. The summed E-state index contributed by atoms with van der Waals surface area (Å²) in [4.78, 5) is 35.4. The minimum absolute atomic E-state index is 0.109. The van der Waals surface area contributed by atoms with E-state index in [0.29, 0.717) is 12.8 Å². The van der Waals surface area contributed by atoms with Crippen molar-refractivity contribution in [3.8, 4) is 0 Å². The summed E-state index contributed by atoms with van der Waals surface area (Å²) in [6.07, 6.45) is 4.47. The number of aliphatic carboxylic acids is 1. The lowest BCUT2D eigenvalue weighted by Gasteiger charge is -2.25. The van der Waals surface area contributed by atoms with Gasteiger partial charge in [0, 0.05) is 13.1 Å². The third kappa shape index (κ3) is 2.50. The minimum Gasteiger partial charge on any atom is -0.481 e. The Morgan fingerprint density at radius 2 is 2.25 bits per heavy atom. The monoisotopic (exact) mass is 346 g/mol. The molecule has 0 aromatic carbocycles. The Balaban J connectivity index is 1.51. The molecule has 2 fully saturated rings. The van der Waals surface area contributed by atoms with E-state index in [9.17, 15) is 14.7 Å². The van der Waals surface area contributed by atoms with Crippen molar-refractivity contribution in [2.75, 3.05) is 18.0 Å². The van der Waals surface area contributed by atoms with E-state index in [1.807, 2.05) is 16.3 Å². The first-order valence-corrected chi connectivity index (χ1v) is 8.95. The molecule has 1 saturated carbocycles. The highest BCUT2D eigenvalue weighted by atomic mass is 32.1. The van der Waals surface area contributed by atoms with Crippen LogP contribution in [0.1, 0.15) is 25.7 Å².